The molecule has 14 nitrogen and oxygen atoms in total. The summed E-state index contributed by atoms with van der Waals surface area (Å²) in [7, 11) is 4.73. The standard InChI is InChI=1S/C42H54N8O6/c1-43-38(51)28-46-16-18-47(29-39(52)44-2)20-22-49(23-21-48(19-17-46)30-40(53)45-3)42(55)56-31-41(54)50(26-32-12-14-34-8-4-6-10-36(34)24-32)27-33-13-15-35-9-5-7-11-37(35)25-33/h4-15,24-25H,16-23,26-31H2,1-3H3,(H,43,51)(H,44,52)(H,45,53). The minimum Gasteiger partial charge on any atom is -0.439 e. The molecule has 1 saturated heterocycles. The van der Waals surface area contributed by atoms with Gasteiger partial charge in [0.15, 0.2) is 6.61 Å². The third kappa shape index (κ3) is 12.5. The average Bonchev–Trinajstić information content (AvgIpc) is 3.21. The minimum atomic E-state index is -0.659. The maximum atomic E-state index is 14.0. The molecule has 0 spiro atoms. The summed E-state index contributed by atoms with van der Waals surface area (Å²) in [6.45, 7) is 3.55. The summed E-state index contributed by atoms with van der Waals surface area (Å²) in [5.74, 6) is -0.828. The van der Waals surface area contributed by atoms with Gasteiger partial charge in [-0.25, -0.2) is 4.79 Å². The second-order valence-corrected chi connectivity index (χ2v) is 14.0. The highest BCUT2D eigenvalue weighted by Gasteiger charge is 2.24. The molecule has 1 fully saturated rings. The first-order valence-electron chi connectivity index (χ1n) is 19.1. The molecule has 14 heteroatoms. The highest BCUT2D eigenvalue weighted by Crippen LogP contribution is 2.21. The number of likely N-dealkylation sites (N-methyl/N-ethyl adjacent to an activating group) is 3. The third-order valence-corrected chi connectivity index (χ3v) is 10.1. The Bertz CT molecular complexity index is 1860. The Hall–Kier alpha value is -5.57. The number of amides is 5. The van der Waals surface area contributed by atoms with E-state index in [1.54, 1.807) is 26.0 Å². The molecule has 0 aliphatic carbocycles. The Balaban J connectivity index is 1.32. The predicted octanol–water partition coefficient (Wildman–Crippen LogP) is 2.12. The van der Waals surface area contributed by atoms with E-state index in [4.69, 9.17) is 4.74 Å². The van der Waals surface area contributed by atoms with Crippen molar-refractivity contribution in [3.8, 4) is 0 Å². The molecule has 1 aliphatic heterocycles. The van der Waals surface area contributed by atoms with Crippen LogP contribution in [0.5, 0.6) is 0 Å². The lowest BCUT2D eigenvalue weighted by Crippen LogP contribution is -2.51. The summed E-state index contributed by atoms with van der Waals surface area (Å²) in [4.78, 5) is 74.2. The van der Waals surface area contributed by atoms with Crippen LogP contribution in [0.3, 0.4) is 0 Å². The lowest BCUT2D eigenvalue weighted by molar-refractivity contribution is -0.136. The van der Waals surface area contributed by atoms with Gasteiger partial charge in [0.1, 0.15) is 0 Å². The third-order valence-electron chi connectivity index (χ3n) is 10.1. The number of fused-ring (bicyclic) bond motifs is 2. The second kappa shape index (κ2) is 20.9. The number of carbonyl (C=O) groups excluding carboxylic acids is 5. The maximum Gasteiger partial charge on any atom is 0.410 e. The maximum absolute atomic E-state index is 14.0. The van der Waals surface area contributed by atoms with Crippen molar-refractivity contribution < 1.29 is 28.7 Å². The van der Waals surface area contributed by atoms with Gasteiger partial charge in [-0.3, -0.25) is 33.9 Å². The fraction of sp³-hybridized carbons (Fsp3) is 0.405. The zero-order chi connectivity index (χ0) is 39.9. The molecule has 0 radical (unpaired) electrons. The topological polar surface area (TPSA) is 147 Å². The van der Waals surface area contributed by atoms with Crippen LogP contribution in [-0.2, 0) is 37.0 Å². The van der Waals surface area contributed by atoms with E-state index in [0.29, 0.717) is 52.4 Å². The first-order chi connectivity index (χ1) is 27.1. The van der Waals surface area contributed by atoms with Gasteiger partial charge in [0.25, 0.3) is 5.91 Å². The van der Waals surface area contributed by atoms with Crippen molar-refractivity contribution in [3.05, 3.63) is 96.1 Å². The van der Waals surface area contributed by atoms with E-state index >= 15 is 0 Å². The fourth-order valence-electron chi connectivity index (χ4n) is 6.69. The van der Waals surface area contributed by atoms with Crippen molar-refractivity contribution in [2.45, 2.75) is 13.1 Å². The normalized spacial score (nSPS) is 15.0. The van der Waals surface area contributed by atoms with Crippen LogP contribution < -0.4 is 16.0 Å². The molecule has 5 amide bonds. The monoisotopic (exact) mass is 766 g/mol. The molecule has 3 N–H and O–H groups in total. The number of nitrogens with zero attached hydrogens (tertiary/aromatic N) is 5. The molecule has 56 heavy (non-hydrogen) atoms. The molecule has 5 rings (SSSR count). The molecule has 1 aliphatic rings. The summed E-state index contributed by atoms with van der Waals surface area (Å²) < 4.78 is 5.76. The Morgan fingerprint density at radius 2 is 0.911 bits per heavy atom. The van der Waals surface area contributed by atoms with Crippen LogP contribution in [0.15, 0.2) is 84.9 Å². The Labute approximate surface area is 328 Å². The smallest absolute Gasteiger partial charge is 0.410 e. The molecule has 0 saturated carbocycles. The summed E-state index contributed by atoms with van der Waals surface area (Å²) in [5.41, 5.74) is 1.90. The Kier molecular flexibility index (Phi) is 15.5. The highest BCUT2D eigenvalue weighted by atomic mass is 16.6. The van der Waals surface area contributed by atoms with Crippen LogP contribution in [0.4, 0.5) is 4.79 Å². The number of rotatable bonds is 12. The Morgan fingerprint density at radius 1 is 0.536 bits per heavy atom. The molecule has 1 heterocycles. The predicted molar refractivity (Wildman–Crippen MR) is 217 cm³/mol. The molecule has 0 bridgehead atoms. The van der Waals surface area contributed by atoms with E-state index in [1.807, 2.05) is 87.5 Å². The number of carbonyl (C=O) groups is 5. The van der Waals surface area contributed by atoms with E-state index in [2.05, 4.69) is 28.1 Å². The fourth-order valence-corrected chi connectivity index (χ4v) is 6.69. The highest BCUT2D eigenvalue weighted by molar-refractivity contribution is 5.85. The van der Waals surface area contributed by atoms with Gasteiger partial charge in [0, 0.05) is 86.6 Å². The molecule has 0 unspecified atom stereocenters. The molecular formula is C42H54N8O6. The van der Waals surface area contributed by atoms with Gasteiger partial charge in [0.2, 0.25) is 17.7 Å². The van der Waals surface area contributed by atoms with Crippen LogP contribution in [0.25, 0.3) is 21.5 Å². The largest absolute Gasteiger partial charge is 0.439 e. The second-order valence-electron chi connectivity index (χ2n) is 14.0. The van der Waals surface area contributed by atoms with Gasteiger partial charge < -0.3 is 30.5 Å². The van der Waals surface area contributed by atoms with E-state index in [9.17, 15) is 24.0 Å². The van der Waals surface area contributed by atoms with Crippen molar-refractivity contribution in [2.75, 3.05) is 99.7 Å². The van der Waals surface area contributed by atoms with Gasteiger partial charge in [-0.05, 0) is 44.8 Å². The van der Waals surface area contributed by atoms with Gasteiger partial charge in [0.05, 0.1) is 19.6 Å². The summed E-state index contributed by atoms with van der Waals surface area (Å²) in [6, 6.07) is 28.4. The molecule has 0 aromatic heterocycles. The van der Waals surface area contributed by atoms with Gasteiger partial charge in [-0.1, -0.05) is 72.8 Å². The Morgan fingerprint density at radius 3 is 1.30 bits per heavy atom. The zero-order valence-corrected chi connectivity index (χ0v) is 32.7. The number of hydrogen-bond donors (Lipinski definition) is 3. The molecule has 4 aromatic rings. The van der Waals surface area contributed by atoms with E-state index in [-0.39, 0.29) is 56.4 Å². The van der Waals surface area contributed by atoms with Crippen molar-refractivity contribution in [1.82, 2.24) is 40.4 Å². The van der Waals surface area contributed by atoms with Crippen molar-refractivity contribution in [3.63, 3.8) is 0 Å². The number of hydrogen-bond acceptors (Lipinski definition) is 9. The van der Waals surface area contributed by atoms with E-state index < -0.39 is 12.7 Å². The van der Waals surface area contributed by atoms with E-state index in [0.717, 1.165) is 32.7 Å². The number of nitrogens with one attached hydrogen (secondary N) is 3. The van der Waals surface area contributed by atoms with Gasteiger partial charge in [-0.2, -0.15) is 0 Å². The van der Waals surface area contributed by atoms with Crippen LogP contribution in [-0.4, -0.2) is 154 Å². The molecule has 4 aromatic carbocycles. The summed E-state index contributed by atoms with van der Waals surface area (Å²) in [5, 5.41) is 12.3. The minimum absolute atomic E-state index is 0.104. The molecule has 0 atom stereocenters. The lowest BCUT2D eigenvalue weighted by atomic mass is 10.1. The number of benzene rings is 4. The first-order valence-corrected chi connectivity index (χ1v) is 19.1. The van der Waals surface area contributed by atoms with E-state index in [1.165, 1.54) is 4.90 Å². The van der Waals surface area contributed by atoms with Crippen LogP contribution in [0, 0.1) is 0 Å². The molecular weight excluding hydrogens is 713 g/mol. The van der Waals surface area contributed by atoms with Crippen LogP contribution in [0.2, 0.25) is 0 Å². The first kappa shape index (κ1) is 41.6. The quantitative estimate of drug-likeness (QED) is 0.198. The van der Waals surface area contributed by atoms with Crippen LogP contribution in [0.1, 0.15) is 11.1 Å². The average molecular weight is 767 g/mol. The summed E-state index contributed by atoms with van der Waals surface area (Å²) in [6.07, 6.45) is -0.659. The summed E-state index contributed by atoms with van der Waals surface area (Å²) >= 11 is 0. The SMILES string of the molecule is CNC(=O)CN1CCN(CC(=O)NC)CCN(C(=O)OCC(=O)N(Cc2ccc3ccccc3c2)Cc2ccc3ccccc3c2)CCN(CC(=O)NC)CC1. The van der Waals surface area contributed by atoms with Crippen molar-refractivity contribution in [1.29, 1.82) is 0 Å². The van der Waals surface area contributed by atoms with Gasteiger partial charge in [-0.15, -0.1) is 0 Å². The molecule has 298 valence electrons. The van der Waals surface area contributed by atoms with Crippen molar-refractivity contribution in [2.24, 2.45) is 0 Å². The van der Waals surface area contributed by atoms with Crippen LogP contribution >= 0.6 is 0 Å². The zero-order valence-electron chi connectivity index (χ0n) is 32.7. The number of ether oxygens (including phenoxy) is 1. The lowest BCUT2D eigenvalue weighted by Gasteiger charge is -2.33. The van der Waals surface area contributed by atoms with Crippen molar-refractivity contribution >= 4 is 51.3 Å². The van der Waals surface area contributed by atoms with Gasteiger partial charge >= 0.3 is 6.09 Å².